The van der Waals surface area contributed by atoms with Gasteiger partial charge in [-0.05, 0) is 47.0 Å². The van der Waals surface area contributed by atoms with Crippen LogP contribution in [0.4, 0.5) is 8.78 Å². The number of aryl methyl sites for hydroxylation is 1. The van der Waals surface area contributed by atoms with Crippen LogP contribution in [0.25, 0.3) is 10.9 Å². The number of aromatic nitrogens is 1. The molecule has 1 aromatic heterocycles. The van der Waals surface area contributed by atoms with E-state index >= 15 is 0 Å². The summed E-state index contributed by atoms with van der Waals surface area (Å²) < 4.78 is 30.5. The molecule has 0 unspecified atom stereocenters. The van der Waals surface area contributed by atoms with Gasteiger partial charge in [0.25, 0.3) is 0 Å². The van der Waals surface area contributed by atoms with Crippen LogP contribution in [0, 0.1) is 5.82 Å². The molecule has 1 aliphatic heterocycles. The maximum absolute atomic E-state index is 14.3. The number of nitrogens with zero attached hydrogens (tertiary/aromatic N) is 2. The molecule has 1 aliphatic rings. The summed E-state index contributed by atoms with van der Waals surface area (Å²) in [6.07, 6.45) is 0.455. The number of benzene rings is 2. The normalized spacial score (nSPS) is 18.1. The van der Waals surface area contributed by atoms with Gasteiger partial charge in [-0.2, -0.15) is 0 Å². The fourth-order valence-corrected chi connectivity index (χ4v) is 4.83. The number of Topliss-reactive ketones (excluding diaryl/α,β-unsaturated/α-hetero) is 2. The zero-order valence-corrected chi connectivity index (χ0v) is 19.6. The summed E-state index contributed by atoms with van der Waals surface area (Å²) in [5.41, 5.74) is 1.62. The molecule has 2 heterocycles. The van der Waals surface area contributed by atoms with E-state index in [1.807, 2.05) is 24.3 Å². The van der Waals surface area contributed by atoms with Gasteiger partial charge in [0.15, 0.2) is 11.6 Å². The maximum Gasteiger partial charge on any atom is 0.243 e. The lowest BCUT2D eigenvalue weighted by molar-refractivity contribution is -0.138. The number of hydrogen-bond donors (Lipinski definition) is 0. The average molecular weight is 517 g/mol. The van der Waals surface area contributed by atoms with Gasteiger partial charge in [0.2, 0.25) is 5.91 Å². The van der Waals surface area contributed by atoms with E-state index in [4.69, 9.17) is 0 Å². The number of hydrogen-bond acceptors (Lipinski definition) is 3. The fraction of sp³-hybridized carbons (Fsp3) is 0.320. The summed E-state index contributed by atoms with van der Waals surface area (Å²) in [4.78, 5) is 39.3. The Kier molecular flexibility index (Phi) is 6.74. The van der Waals surface area contributed by atoms with E-state index in [1.54, 1.807) is 29.0 Å². The summed E-state index contributed by atoms with van der Waals surface area (Å²) in [5, 5.41) is 0.742. The van der Waals surface area contributed by atoms with Crippen LogP contribution in [-0.2, 0) is 22.6 Å². The van der Waals surface area contributed by atoms with Crippen LogP contribution in [0.5, 0.6) is 0 Å². The standard InChI is InChI=1S/C25H23BrF2N2O3/c1-15(31)19-13-29(21-8-3-2-6-18(19)21)14-24(33)30-12-17(27)11-22(30)23(32)10-9-16-5-4-7-20(26)25(16)28/h2-8,13,17,22H,9-12,14H2,1H3/t17-,22+/m1/s1. The number of alkyl halides is 1. The van der Waals surface area contributed by atoms with Crippen molar-refractivity contribution in [3.63, 3.8) is 0 Å². The second-order valence-electron chi connectivity index (χ2n) is 8.32. The van der Waals surface area contributed by atoms with Gasteiger partial charge >= 0.3 is 0 Å². The van der Waals surface area contributed by atoms with Crippen LogP contribution < -0.4 is 0 Å². The minimum Gasteiger partial charge on any atom is -0.337 e. The molecular weight excluding hydrogens is 494 g/mol. The number of ketones is 2. The molecule has 5 nitrogen and oxygen atoms in total. The third-order valence-corrected chi connectivity index (χ3v) is 6.70. The third-order valence-electron chi connectivity index (χ3n) is 6.09. The second-order valence-corrected chi connectivity index (χ2v) is 9.17. The average Bonchev–Trinajstić information content (AvgIpc) is 3.36. The Morgan fingerprint density at radius 1 is 1.12 bits per heavy atom. The van der Waals surface area contributed by atoms with Crippen LogP contribution in [0.15, 0.2) is 53.1 Å². The quantitative estimate of drug-likeness (QED) is 0.420. The Hall–Kier alpha value is -2.87. The molecule has 8 heteroatoms. The van der Waals surface area contributed by atoms with Gasteiger partial charge in [0, 0.05) is 35.5 Å². The number of likely N-dealkylation sites (tertiary alicyclic amines) is 1. The number of para-hydroxylation sites is 1. The third kappa shape index (κ3) is 4.76. The molecular formula is C25H23BrF2N2O3. The fourth-order valence-electron chi connectivity index (χ4n) is 4.43. The van der Waals surface area contributed by atoms with Gasteiger partial charge in [-0.25, -0.2) is 8.78 Å². The highest BCUT2D eigenvalue weighted by atomic mass is 79.9. The topological polar surface area (TPSA) is 59.4 Å². The molecule has 1 fully saturated rings. The molecule has 2 aromatic carbocycles. The Bertz CT molecular complexity index is 1240. The van der Waals surface area contributed by atoms with Gasteiger partial charge in [-0.3, -0.25) is 14.4 Å². The lowest BCUT2D eigenvalue weighted by atomic mass is 10.0. The molecule has 0 bridgehead atoms. The Labute approximate surface area is 198 Å². The molecule has 0 radical (unpaired) electrons. The van der Waals surface area contributed by atoms with Crippen molar-refractivity contribution in [2.24, 2.45) is 0 Å². The molecule has 172 valence electrons. The molecule has 0 spiro atoms. The Morgan fingerprint density at radius 2 is 1.88 bits per heavy atom. The molecule has 1 amide bonds. The van der Waals surface area contributed by atoms with Crippen molar-refractivity contribution in [3.8, 4) is 0 Å². The summed E-state index contributed by atoms with van der Waals surface area (Å²) in [6, 6.07) is 11.2. The highest BCUT2D eigenvalue weighted by Crippen LogP contribution is 2.26. The first kappa shape index (κ1) is 23.3. The van der Waals surface area contributed by atoms with E-state index in [9.17, 15) is 23.2 Å². The molecule has 0 N–H and O–H groups in total. The zero-order chi connectivity index (χ0) is 23.7. The lowest BCUT2D eigenvalue weighted by Crippen LogP contribution is -2.42. The highest BCUT2D eigenvalue weighted by molar-refractivity contribution is 9.10. The maximum atomic E-state index is 14.3. The number of fused-ring (bicyclic) bond motifs is 1. The van der Waals surface area contributed by atoms with Crippen molar-refractivity contribution >= 4 is 44.3 Å². The molecule has 1 saturated heterocycles. The van der Waals surface area contributed by atoms with Crippen molar-refractivity contribution in [3.05, 3.63) is 70.1 Å². The van der Waals surface area contributed by atoms with E-state index in [0.29, 0.717) is 15.6 Å². The molecule has 33 heavy (non-hydrogen) atoms. The predicted octanol–water partition coefficient (Wildman–Crippen LogP) is 4.89. The first-order valence-electron chi connectivity index (χ1n) is 10.7. The predicted molar refractivity (Wildman–Crippen MR) is 124 cm³/mol. The van der Waals surface area contributed by atoms with E-state index in [-0.39, 0.29) is 43.9 Å². The molecule has 4 rings (SSSR count). The number of carbonyl (C=O) groups is 3. The molecule has 3 aromatic rings. The van der Waals surface area contributed by atoms with E-state index in [2.05, 4.69) is 15.9 Å². The van der Waals surface area contributed by atoms with Gasteiger partial charge in [0.1, 0.15) is 18.5 Å². The Balaban J connectivity index is 1.50. The van der Waals surface area contributed by atoms with Crippen LogP contribution in [0.2, 0.25) is 0 Å². The Morgan fingerprint density at radius 3 is 2.64 bits per heavy atom. The van der Waals surface area contributed by atoms with Crippen molar-refractivity contribution in [1.82, 2.24) is 9.47 Å². The minimum atomic E-state index is -1.29. The van der Waals surface area contributed by atoms with Crippen LogP contribution in [0.1, 0.15) is 35.7 Å². The zero-order valence-electron chi connectivity index (χ0n) is 18.1. The largest absolute Gasteiger partial charge is 0.337 e. The SMILES string of the molecule is CC(=O)c1cn(CC(=O)N2C[C@H](F)C[C@H]2C(=O)CCc2cccc(Br)c2F)c2ccccc12. The highest BCUT2D eigenvalue weighted by Gasteiger charge is 2.39. The van der Waals surface area contributed by atoms with Gasteiger partial charge in [-0.15, -0.1) is 0 Å². The monoisotopic (exact) mass is 516 g/mol. The van der Waals surface area contributed by atoms with Gasteiger partial charge in [-0.1, -0.05) is 30.3 Å². The summed E-state index contributed by atoms with van der Waals surface area (Å²) in [7, 11) is 0. The van der Waals surface area contributed by atoms with Crippen LogP contribution in [0.3, 0.4) is 0 Å². The van der Waals surface area contributed by atoms with Gasteiger partial charge in [0.05, 0.1) is 17.1 Å². The number of carbonyl (C=O) groups excluding carboxylic acids is 3. The van der Waals surface area contributed by atoms with Crippen molar-refractivity contribution in [1.29, 1.82) is 0 Å². The summed E-state index contributed by atoms with van der Waals surface area (Å²) >= 11 is 3.13. The minimum absolute atomic E-state index is 0.00940. The van der Waals surface area contributed by atoms with Crippen LogP contribution >= 0.6 is 15.9 Å². The van der Waals surface area contributed by atoms with Crippen molar-refractivity contribution in [2.75, 3.05) is 6.54 Å². The summed E-state index contributed by atoms with van der Waals surface area (Å²) in [5.74, 6) is -1.22. The molecule has 0 aliphatic carbocycles. The molecule has 2 atom stereocenters. The summed E-state index contributed by atoms with van der Waals surface area (Å²) in [6.45, 7) is 1.20. The van der Waals surface area contributed by atoms with E-state index in [1.165, 1.54) is 11.8 Å². The number of amides is 1. The number of halogens is 3. The van der Waals surface area contributed by atoms with Crippen LogP contribution in [-0.4, -0.2) is 45.7 Å². The first-order chi connectivity index (χ1) is 15.8. The van der Waals surface area contributed by atoms with E-state index < -0.39 is 23.9 Å². The van der Waals surface area contributed by atoms with Crippen molar-refractivity contribution < 1.29 is 23.2 Å². The second kappa shape index (κ2) is 9.55. The number of rotatable bonds is 7. The lowest BCUT2D eigenvalue weighted by Gasteiger charge is -2.24. The van der Waals surface area contributed by atoms with Crippen molar-refractivity contribution in [2.45, 2.75) is 44.9 Å². The van der Waals surface area contributed by atoms with Gasteiger partial charge < -0.3 is 9.47 Å². The van der Waals surface area contributed by atoms with E-state index in [0.717, 1.165) is 10.9 Å². The smallest absolute Gasteiger partial charge is 0.243 e. The first-order valence-corrected chi connectivity index (χ1v) is 11.5. The molecule has 0 saturated carbocycles.